The van der Waals surface area contributed by atoms with Crippen molar-refractivity contribution >= 4 is 64.0 Å². The summed E-state index contributed by atoms with van der Waals surface area (Å²) in [5.74, 6) is -1.50. The molecule has 2 aromatic carbocycles. The van der Waals surface area contributed by atoms with Gasteiger partial charge in [0.25, 0.3) is 11.8 Å². The number of thiophene rings is 1. The van der Waals surface area contributed by atoms with Gasteiger partial charge in [0.2, 0.25) is 17.7 Å². The van der Waals surface area contributed by atoms with Gasteiger partial charge in [0.1, 0.15) is 35.3 Å². The summed E-state index contributed by atoms with van der Waals surface area (Å²) in [5.41, 5.74) is 3.83. The van der Waals surface area contributed by atoms with E-state index in [1.165, 1.54) is 12.1 Å². The smallest absolute Gasteiger partial charge is 0.266 e. The number of nitrogens with zero attached hydrogens (tertiary/aromatic N) is 5. The van der Waals surface area contributed by atoms with Crippen molar-refractivity contribution in [1.29, 1.82) is 0 Å². The number of ketones is 1. The highest BCUT2D eigenvalue weighted by molar-refractivity contribution is 7.15. The lowest BCUT2D eigenvalue weighted by Gasteiger charge is -2.27. The monoisotopic (exact) mass is 783 g/mol. The van der Waals surface area contributed by atoms with E-state index in [-0.39, 0.29) is 60.9 Å². The minimum atomic E-state index is -1.10. The molecule has 0 radical (unpaired) electrons. The number of piperidine rings is 1. The van der Waals surface area contributed by atoms with Crippen LogP contribution >= 0.6 is 22.9 Å². The maximum Gasteiger partial charge on any atom is 0.266 e. The lowest BCUT2D eigenvalue weighted by molar-refractivity contribution is -0.136. The van der Waals surface area contributed by atoms with Gasteiger partial charge in [-0.1, -0.05) is 36.2 Å². The van der Waals surface area contributed by atoms with Crippen molar-refractivity contribution in [2.24, 2.45) is 4.99 Å². The topological polar surface area (TPSA) is 182 Å². The van der Waals surface area contributed by atoms with Gasteiger partial charge in [-0.3, -0.25) is 48.5 Å². The highest BCUT2D eigenvalue weighted by Gasteiger charge is 2.46. The largest absolute Gasteiger partial charge is 0.485 e. The van der Waals surface area contributed by atoms with Crippen molar-refractivity contribution in [1.82, 2.24) is 30.3 Å². The number of fused-ring (bicyclic) bond motifs is 4. The van der Waals surface area contributed by atoms with E-state index in [1.807, 2.05) is 35.8 Å². The van der Waals surface area contributed by atoms with Gasteiger partial charge in [-0.15, -0.1) is 21.5 Å². The molecule has 0 spiro atoms. The average Bonchev–Trinajstić information content (AvgIpc) is 3.73. The number of hydrogen-bond acceptors (Lipinski definition) is 11. The molecule has 1 fully saturated rings. The van der Waals surface area contributed by atoms with Crippen LogP contribution in [0.1, 0.15) is 105 Å². The lowest BCUT2D eigenvalue weighted by atomic mass is 9.99. The number of halogens is 1. The van der Waals surface area contributed by atoms with Gasteiger partial charge in [0, 0.05) is 40.4 Å². The summed E-state index contributed by atoms with van der Waals surface area (Å²) >= 11 is 7.85. The zero-order valence-corrected chi connectivity index (χ0v) is 32.0. The highest BCUT2D eigenvalue weighted by atomic mass is 35.5. The molecule has 1 saturated heterocycles. The first-order valence-electron chi connectivity index (χ1n) is 18.0. The second-order valence-electron chi connectivity index (χ2n) is 13.7. The zero-order chi connectivity index (χ0) is 39.0. The number of rotatable bonds is 13. The van der Waals surface area contributed by atoms with Gasteiger partial charge in [0.15, 0.2) is 11.6 Å². The maximum atomic E-state index is 13.3. The van der Waals surface area contributed by atoms with Gasteiger partial charge < -0.3 is 10.1 Å². The summed E-state index contributed by atoms with van der Waals surface area (Å²) in [7, 11) is 0. The van der Waals surface area contributed by atoms with Gasteiger partial charge >= 0.3 is 0 Å². The van der Waals surface area contributed by atoms with Crippen molar-refractivity contribution in [3.63, 3.8) is 0 Å². The Bertz CT molecular complexity index is 2280. The van der Waals surface area contributed by atoms with Crippen LogP contribution in [-0.4, -0.2) is 79.9 Å². The zero-order valence-electron chi connectivity index (χ0n) is 30.4. The van der Waals surface area contributed by atoms with E-state index >= 15 is 0 Å². The quantitative estimate of drug-likeness (QED) is 0.141. The molecule has 14 nitrogen and oxygen atoms in total. The van der Waals surface area contributed by atoms with Gasteiger partial charge in [-0.05, 0) is 69.9 Å². The second-order valence-corrected chi connectivity index (χ2v) is 15.4. The first-order valence-corrected chi connectivity index (χ1v) is 19.2. The lowest BCUT2D eigenvalue weighted by Crippen LogP contribution is -2.54. The molecule has 2 aromatic heterocycles. The van der Waals surface area contributed by atoms with Crippen molar-refractivity contribution in [2.75, 3.05) is 13.2 Å². The fraction of sp³-hybridized carbons (Fsp3) is 0.359. The average molecular weight is 784 g/mol. The Morgan fingerprint density at radius 2 is 1.76 bits per heavy atom. The molecule has 4 aromatic rings. The van der Waals surface area contributed by atoms with Gasteiger partial charge in [0.05, 0.1) is 23.3 Å². The Morgan fingerprint density at radius 1 is 0.982 bits per heavy atom. The Hall–Kier alpha value is -5.54. The summed E-state index contributed by atoms with van der Waals surface area (Å²) < 4.78 is 7.71. The summed E-state index contributed by atoms with van der Waals surface area (Å²) in [5, 5.41) is 15.6. The number of carbonyl (C=O) groups is 6. The molecule has 16 heteroatoms. The van der Waals surface area contributed by atoms with Crippen LogP contribution in [0, 0.1) is 20.8 Å². The van der Waals surface area contributed by atoms with Crippen molar-refractivity contribution in [3.05, 3.63) is 91.8 Å². The predicted molar refractivity (Wildman–Crippen MR) is 203 cm³/mol. The first kappa shape index (κ1) is 37.8. The number of hydrogen-bond donors (Lipinski definition) is 2. The van der Waals surface area contributed by atoms with Crippen LogP contribution in [0.5, 0.6) is 5.75 Å². The predicted octanol–water partition coefficient (Wildman–Crippen LogP) is 4.92. The third-order valence-corrected chi connectivity index (χ3v) is 11.5. The van der Waals surface area contributed by atoms with E-state index in [0.717, 1.165) is 37.2 Å². The molecule has 1 unspecified atom stereocenters. The molecule has 0 aliphatic carbocycles. The number of ether oxygens (including phenoxy) is 1. The molecule has 55 heavy (non-hydrogen) atoms. The molecular formula is C39H38ClN7O7S. The Labute approximate surface area is 325 Å². The first-order chi connectivity index (χ1) is 26.4. The molecule has 2 N–H and O–H groups in total. The molecule has 7 rings (SSSR count). The number of nitrogens with one attached hydrogen (secondary N) is 2. The number of Topliss-reactive ketones (excluding diaryl/α,β-unsaturated/α-hetero) is 1. The molecule has 5 heterocycles. The van der Waals surface area contributed by atoms with E-state index in [2.05, 4.69) is 34.7 Å². The van der Waals surface area contributed by atoms with Crippen LogP contribution in [0.3, 0.4) is 0 Å². The number of aryl methyl sites for hydroxylation is 2. The Balaban J connectivity index is 0.906. The molecule has 2 atom stereocenters. The normalized spacial score (nSPS) is 17.6. The van der Waals surface area contributed by atoms with Gasteiger partial charge in [-0.2, -0.15) is 0 Å². The van der Waals surface area contributed by atoms with E-state index in [0.29, 0.717) is 42.5 Å². The number of amides is 5. The molecule has 3 aliphatic rings. The fourth-order valence-corrected chi connectivity index (χ4v) is 8.41. The number of imide groups is 2. The molecule has 0 bridgehead atoms. The highest BCUT2D eigenvalue weighted by Crippen LogP contribution is 2.40. The number of aliphatic imine (C=N–C) groups is 1. The van der Waals surface area contributed by atoms with Crippen molar-refractivity contribution in [2.45, 2.75) is 77.8 Å². The van der Waals surface area contributed by atoms with E-state index in [4.69, 9.17) is 21.3 Å². The van der Waals surface area contributed by atoms with Crippen LogP contribution in [0.4, 0.5) is 0 Å². The minimum absolute atomic E-state index is 0.00633. The van der Waals surface area contributed by atoms with Crippen LogP contribution in [0.25, 0.3) is 5.00 Å². The van der Waals surface area contributed by atoms with E-state index < -0.39 is 35.7 Å². The third-order valence-electron chi connectivity index (χ3n) is 10.0. The molecule has 3 aliphatic heterocycles. The number of carbonyl (C=O) groups excluding carboxylic acids is 6. The molecule has 5 amide bonds. The summed E-state index contributed by atoms with van der Waals surface area (Å²) in [6.45, 7) is 6.15. The molecule has 284 valence electrons. The van der Waals surface area contributed by atoms with Crippen LogP contribution in [-0.2, 0) is 19.2 Å². The number of benzene rings is 2. The molecular weight excluding hydrogens is 746 g/mol. The van der Waals surface area contributed by atoms with Crippen molar-refractivity contribution in [3.8, 4) is 10.8 Å². The number of aromatic nitrogens is 3. The number of unbranched alkanes of at least 4 members (excludes halogenated alkanes) is 2. The maximum absolute atomic E-state index is 13.3. The van der Waals surface area contributed by atoms with E-state index in [1.54, 1.807) is 17.4 Å². The second kappa shape index (κ2) is 15.7. The Kier molecular flexibility index (Phi) is 10.8. The van der Waals surface area contributed by atoms with Crippen LogP contribution < -0.4 is 15.4 Å². The Morgan fingerprint density at radius 3 is 2.53 bits per heavy atom. The van der Waals surface area contributed by atoms with Crippen molar-refractivity contribution < 1.29 is 33.5 Å². The SMILES string of the molecule is Cc1sc2c(c1C)C(c1ccc(Cl)cc1)=NC(CC(=O)NCCCCCC(=O)COc1cccc3c1C(=O)N([C@@H]1CCC(=O)NC1=O)C3=O)c1nnc(C)n1-2. The fourth-order valence-electron chi connectivity index (χ4n) is 7.07. The minimum Gasteiger partial charge on any atom is -0.485 e. The summed E-state index contributed by atoms with van der Waals surface area (Å²) in [4.78, 5) is 83.5. The van der Waals surface area contributed by atoms with Gasteiger partial charge in [-0.25, -0.2) is 0 Å². The molecule has 0 saturated carbocycles. The van der Waals surface area contributed by atoms with E-state index in [9.17, 15) is 28.8 Å². The third kappa shape index (κ3) is 7.45. The summed E-state index contributed by atoms with van der Waals surface area (Å²) in [6, 6.07) is 10.3. The van der Waals surface area contributed by atoms with Crippen LogP contribution in [0.15, 0.2) is 47.5 Å². The summed E-state index contributed by atoms with van der Waals surface area (Å²) in [6.07, 6.45) is 2.23. The standard InChI is InChI=1S/C39H38ClN7O7S/c1-20-21(2)55-39-32(20)34(23-11-13-24(40)14-12-23)42-27(35-45-44-22(3)46(35)39)18-31(50)41-17-6-4-5-8-25(48)19-54-29-10-7-9-26-33(29)38(53)47(37(26)52)28-15-16-30(49)43-36(28)51/h7,9-14,27-28H,4-6,8,15-19H2,1-3H3,(H,41,50)(H,43,49,51)/t27?,28-/m1/s1. The van der Waals surface area contributed by atoms with Crippen LogP contribution in [0.2, 0.25) is 5.02 Å².